The van der Waals surface area contributed by atoms with Crippen molar-refractivity contribution in [2.24, 2.45) is 0 Å². The lowest BCUT2D eigenvalue weighted by atomic mass is 9.93. The third kappa shape index (κ3) is 7.66. The Kier molecular flexibility index (Phi) is 7.85. The Morgan fingerprint density at radius 1 is 1.27 bits per heavy atom. The average molecular weight is 235 g/mol. The molecule has 0 aromatic rings. The van der Waals surface area contributed by atoms with Gasteiger partial charge in [0, 0.05) is 12.8 Å². The van der Waals surface area contributed by atoms with Crippen LogP contribution >= 0.6 is 11.6 Å². The van der Waals surface area contributed by atoms with Crippen molar-refractivity contribution in [2.75, 3.05) is 5.88 Å². The van der Waals surface area contributed by atoms with Gasteiger partial charge in [-0.15, -0.1) is 11.6 Å². The van der Waals surface area contributed by atoms with Gasteiger partial charge in [-0.1, -0.05) is 19.8 Å². The molecular formula is C12H23ClO2. The van der Waals surface area contributed by atoms with Gasteiger partial charge in [-0.3, -0.25) is 4.79 Å². The summed E-state index contributed by atoms with van der Waals surface area (Å²) in [6, 6.07) is 0. The number of esters is 1. The Bertz CT molecular complexity index is 182. The molecule has 0 spiro atoms. The molecule has 0 aliphatic rings. The highest BCUT2D eigenvalue weighted by molar-refractivity contribution is 6.17. The summed E-state index contributed by atoms with van der Waals surface area (Å²) in [6.07, 6.45) is 6.19. The van der Waals surface area contributed by atoms with Crippen LogP contribution in [0.5, 0.6) is 0 Å². The molecule has 0 aliphatic carbocycles. The van der Waals surface area contributed by atoms with Gasteiger partial charge in [-0.05, 0) is 32.6 Å². The van der Waals surface area contributed by atoms with E-state index in [-0.39, 0.29) is 11.6 Å². The van der Waals surface area contributed by atoms with Crippen LogP contribution in [0.25, 0.3) is 0 Å². The maximum Gasteiger partial charge on any atom is 0.303 e. The molecule has 0 bridgehead atoms. The molecule has 0 aromatic carbocycles. The smallest absolute Gasteiger partial charge is 0.303 e. The van der Waals surface area contributed by atoms with E-state index in [1.54, 1.807) is 0 Å². The summed E-state index contributed by atoms with van der Waals surface area (Å²) in [6.45, 7) is 5.65. The SMILES string of the molecule is CCCCC[C@](C)(CCCCl)OC(C)=O. The first-order chi connectivity index (χ1) is 7.04. The molecule has 90 valence electrons. The molecule has 0 N–H and O–H groups in total. The highest BCUT2D eigenvalue weighted by Crippen LogP contribution is 2.25. The van der Waals surface area contributed by atoms with Gasteiger partial charge in [0.05, 0.1) is 0 Å². The van der Waals surface area contributed by atoms with Crippen LogP contribution < -0.4 is 0 Å². The first-order valence-electron chi connectivity index (χ1n) is 5.79. The molecule has 0 rings (SSSR count). The summed E-state index contributed by atoms with van der Waals surface area (Å²) < 4.78 is 5.39. The summed E-state index contributed by atoms with van der Waals surface area (Å²) in [7, 11) is 0. The molecule has 0 unspecified atom stereocenters. The predicted octanol–water partition coefficient (Wildman–Crippen LogP) is 3.91. The molecule has 0 aromatic heterocycles. The number of unbranched alkanes of at least 4 members (excludes halogenated alkanes) is 2. The second-order valence-electron chi connectivity index (χ2n) is 4.29. The molecule has 0 saturated carbocycles. The van der Waals surface area contributed by atoms with Crippen molar-refractivity contribution >= 4 is 17.6 Å². The van der Waals surface area contributed by atoms with Crippen molar-refractivity contribution in [1.29, 1.82) is 0 Å². The summed E-state index contributed by atoms with van der Waals surface area (Å²) in [5.74, 6) is 0.438. The largest absolute Gasteiger partial charge is 0.460 e. The van der Waals surface area contributed by atoms with E-state index in [1.807, 2.05) is 6.92 Å². The molecule has 0 aliphatic heterocycles. The molecule has 1 atom stereocenters. The molecule has 15 heavy (non-hydrogen) atoms. The lowest BCUT2D eigenvalue weighted by Crippen LogP contribution is -2.31. The van der Waals surface area contributed by atoms with Crippen LogP contribution in [0.3, 0.4) is 0 Å². The van der Waals surface area contributed by atoms with Crippen LogP contribution in [-0.2, 0) is 9.53 Å². The molecule has 3 heteroatoms. The molecule has 0 amide bonds. The number of rotatable bonds is 8. The quantitative estimate of drug-likeness (QED) is 0.362. The topological polar surface area (TPSA) is 26.3 Å². The van der Waals surface area contributed by atoms with Gasteiger partial charge in [0.1, 0.15) is 5.60 Å². The Morgan fingerprint density at radius 2 is 1.87 bits per heavy atom. The molecule has 0 radical (unpaired) electrons. The Morgan fingerprint density at radius 3 is 2.33 bits per heavy atom. The first kappa shape index (κ1) is 14.8. The molecule has 0 saturated heterocycles. The lowest BCUT2D eigenvalue weighted by Gasteiger charge is -2.29. The molecule has 0 heterocycles. The average Bonchev–Trinajstić information content (AvgIpc) is 2.14. The first-order valence-corrected chi connectivity index (χ1v) is 6.33. The van der Waals surface area contributed by atoms with Crippen molar-refractivity contribution in [3.05, 3.63) is 0 Å². The van der Waals surface area contributed by atoms with Crippen LogP contribution in [-0.4, -0.2) is 17.5 Å². The third-order valence-corrected chi connectivity index (χ3v) is 2.81. The van der Waals surface area contributed by atoms with Crippen molar-refractivity contribution in [2.45, 2.75) is 64.9 Å². The van der Waals surface area contributed by atoms with Crippen LogP contribution in [0.2, 0.25) is 0 Å². The van der Waals surface area contributed by atoms with E-state index < -0.39 is 0 Å². The highest BCUT2D eigenvalue weighted by Gasteiger charge is 2.26. The predicted molar refractivity (Wildman–Crippen MR) is 64.3 cm³/mol. The summed E-state index contributed by atoms with van der Waals surface area (Å²) in [5.41, 5.74) is -0.310. The minimum Gasteiger partial charge on any atom is -0.460 e. The number of alkyl halides is 1. The van der Waals surface area contributed by atoms with Crippen LogP contribution in [0, 0.1) is 0 Å². The number of ether oxygens (including phenoxy) is 1. The van der Waals surface area contributed by atoms with E-state index in [9.17, 15) is 4.79 Å². The Labute approximate surface area is 98.3 Å². The zero-order chi connectivity index (χ0) is 11.7. The second kappa shape index (κ2) is 7.98. The monoisotopic (exact) mass is 234 g/mol. The number of hydrogen-bond donors (Lipinski definition) is 0. The summed E-state index contributed by atoms with van der Waals surface area (Å²) >= 11 is 5.66. The molecular weight excluding hydrogens is 212 g/mol. The Balaban J connectivity index is 4.07. The van der Waals surface area contributed by atoms with Gasteiger partial charge in [0.25, 0.3) is 0 Å². The Hall–Kier alpha value is -0.240. The van der Waals surface area contributed by atoms with Crippen molar-refractivity contribution in [3.63, 3.8) is 0 Å². The van der Waals surface area contributed by atoms with Gasteiger partial charge in [-0.25, -0.2) is 0 Å². The van der Waals surface area contributed by atoms with Gasteiger partial charge in [0.15, 0.2) is 0 Å². The number of carbonyl (C=O) groups excluding carboxylic acids is 1. The highest BCUT2D eigenvalue weighted by atomic mass is 35.5. The molecule has 0 fully saturated rings. The fourth-order valence-electron chi connectivity index (χ4n) is 1.76. The van der Waals surface area contributed by atoms with Crippen LogP contribution in [0.1, 0.15) is 59.3 Å². The zero-order valence-electron chi connectivity index (χ0n) is 10.1. The van der Waals surface area contributed by atoms with Gasteiger partial charge >= 0.3 is 5.97 Å². The minimum absolute atomic E-state index is 0.191. The summed E-state index contributed by atoms with van der Waals surface area (Å²) in [4.78, 5) is 11.0. The van der Waals surface area contributed by atoms with E-state index in [0.29, 0.717) is 5.88 Å². The van der Waals surface area contributed by atoms with E-state index in [4.69, 9.17) is 16.3 Å². The van der Waals surface area contributed by atoms with Crippen LogP contribution in [0.4, 0.5) is 0 Å². The van der Waals surface area contributed by atoms with Crippen molar-refractivity contribution < 1.29 is 9.53 Å². The fraction of sp³-hybridized carbons (Fsp3) is 0.917. The second-order valence-corrected chi connectivity index (χ2v) is 4.67. The number of carbonyl (C=O) groups is 1. The molecule has 2 nitrogen and oxygen atoms in total. The van der Waals surface area contributed by atoms with Crippen molar-refractivity contribution in [3.8, 4) is 0 Å². The van der Waals surface area contributed by atoms with E-state index >= 15 is 0 Å². The van der Waals surface area contributed by atoms with Crippen molar-refractivity contribution in [1.82, 2.24) is 0 Å². The number of hydrogen-bond acceptors (Lipinski definition) is 2. The maximum atomic E-state index is 11.0. The normalized spacial score (nSPS) is 14.7. The van der Waals surface area contributed by atoms with E-state index in [2.05, 4.69) is 6.92 Å². The van der Waals surface area contributed by atoms with Crippen LogP contribution in [0.15, 0.2) is 0 Å². The van der Waals surface area contributed by atoms with Gasteiger partial charge < -0.3 is 4.74 Å². The summed E-state index contributed by atoms with van der Waals surface area (Å²) in [5, 5.41) is 0. The zero-order valence-corrected chi connectivity index (χ0v) is 10.9. The fourth-order valence-corrected chi connectivity index (χ4v) is 1.90. The van der Waals surface area contributed by atoms with E-state index in [1.165, 1.54) is 19.8 Å². The lowest BCUT2D eigenvalue weighted by molar-refractivity contribution is -0.156. The van der Waals surface area contributed by atoms with E-state index in [0.717, 1.165) is 25.7 Å². The minimum atomic E-state index is -0.310. The van der Waals surface area contributed by atoms with Gasteiger partial charge in [-0.2, -0.15) is 0 Å². The van der Waals surface area contributed by atoms with Gasteiger partial charge in [0.2, 0.25) is 0 Å². The maximum absolute atomic E-state index is 11.0. The number of halogens is 1. The third-order valence-electron chi connectivity index (χ3n) is 2.54. The standard InChI is InChI=1S/C12H23ClO2/c1-4-5-6-8-12(3,9-7-10-13)15-11(2)14/h4-10H2,1-3H3/t12-/m1/s1.